The van der Waals surface area contributed by atoms with Gasteiger partial charge in [0, 0.05) is 0 Å². The van der Waals surface area contributed by atoms with Crippen LogP contribution in [0.25, 0.3) is 0 Å². The minimum Gasteiger partial charge on any atom is -0.424 e. The maximum Gasteiger partial charge on any atom is 0.286 e. The van der Waals surface area contributed by atoms with E-state index in [2.05, 4.69) is 5.34 Å². The molecule has 2 aliphatic carbocycles. The lowest BCUT2D eigenvalue weighted by Crippen LogP contribution is -2.25. The number of hydrogen-bond donors (Lipinski definition) is 0. The molecule has 0 aliphatic heterocycles. The van der Waals surface area contributed by atoms with Crippen LogP contribution in [-0.4, -0.2) is 12.2 Å². The number of nitriles is 1. The molecular weight excluding hydrogens is 244 g/mol. The standard InChI is InChI=1S/C14H22N2O3/c15-10-18-13-5-1-11(2-6-13)9-12-3-7-14(8-4-12)19-16-17/h11-14H,1-9H2. The van der Waals surface area contributed by atoms with Crippen LogP contribution in [-0.2, 0) is 9.57 Å². The number of ether oxygens (including phenoxy) is 1. The highest BCUT2D eigenvalue weighted by molar-refractivity contribution is 4.79. The van der Waals surface area contributed by atoms with Crippen LogP contribution in [0.5, 0.6) is 0 Å². The van der Waals surface area contributed by atoms with Gasteiger partial charge >= 0.3 is 0 Å². The quantitative estimate of drug-likeness (QED) is 0.432. The van der Waals surface area contributed by atoms with Gasteiger partial charge in [0.25, 0.3) is 6.26 Å². The molecule has 0 unspecified atom stereocenters. The van der Waals surface area contributed by atoms with Crippen molar-refractivity contribution in [1.29, 1.82) is 5.26 Å². The van der Waals surface area contributed by atoms with Crippen LogP contribution in [0.4, 0.5) is 0 Å². The van der Waals surface area contributed by atoms with Gasteiger partial charge in [-0.3, -0.25) is 0 Å². The average Bonchev–Trinajstić information content (AvgIpc) is 2.44. The Hall–Kier alpha value is -1.31. The summed E-state index contributed by atoms with van der Waals surface area (Å²) < 4.78 is 5.01. The van der Waals surface area contributed by atoms with E-state index >= 15 is 0 Å². The van der Waals surface area contributed by atoms with E-state index < -0.39 is 0 Å². The molecule has 0 aromatic rings. The van der Waals surface area contributed by atoms with Crippen LogP contribution >= 0.6 is 0 Å². The predicted molar refractivity (Wildman–Crippen MR) is 69.7 cm³/mol. The van der Waals surface area contributed by atoms with Crippen molar-refractivity contribution in [2.45, 2.75) is 70.0 Å². The molecule has 0 bridgehead atoms. The van der Waals surface area contributed by atoms with Gasteiger partial charge in [-0.25, -0.2) is 0 Å². The van der Waals surface area contributed by atoms with Crippen LogP contribution in [0.3, 0.4) is 0 Å². The van der Waals surface area contributed by atoms with Crippen molar-refractivity contribution in [3.63, 3.8) is 0 Å². The summed E-state index contributed by atoms with van der Waals surface area (Å²) in [5.74, 6) is 1.55. The Labute approximate surface area is 114 Å². The Morgan fingerprint density at radius 2 is 1.47 bits per heavy atom. The summed E-state index contributed by atoms with van der Waals surface area (Å²) in [7, 11) is 0. The second-order valence-electron chi connectivity index (χ2n) is 5.91. The Morgan fingerprint density at radius 1 is 0.947 bits per heavy atom. The van der Waals surface area contributed by atoms with Crippen LogP contribution in [0.2, 0.25) is 0 Å². The van der Waals surface area contributed by atoms with Crippen LogP contribution < -0.4 is 0 Å². The molecule has 0 saturated heterocycles. The molecule has 0 radical (unpaired) electrons. The molecule has 0 aromatic carbocycles. The van der Waals surface area contributed by atoms with E-state index in [9.17, 15) is 4.91 Å². The number of rotatable bonds is 5. The zero-order valence-electron chi connectivity index (χ0n) is 11.3. The summed E-state index contributed by atoms with van der Waals surface area (Å²) in [6.07, 6.45) is 11.9. The SMILES string of the molecule is N#COC1CCC(CC2CCC(ON=O)CC2)CC1. The third-order valence-electron chi connectivity index (χ3n) is 4.67. The van der Waals surface area contributed by atoms with Crippen LogP contribution in [0.1, 0.15) is 57.8 Å². The lowest BCUT2D eigenvalue weighted by Gasteiger charge is -2.32. The largest absolute Gasteiger partial charge is 0.424 e. The van der Waals surface area contributed by atoms with Gasteiger partial charge in [0.1, 0.15) is 12.2 Å². The Kier molecular flexibility index (Phi) is 5.44. The van der Waals surface area contributed by atoms with Crippen molar-refractivity contribution in [1.82, 2.24) is 0 Å². The van der Waals surface area contributed by atoms with Crippen molar-refractivity contribution in [3.05, 3.63) is 4.91 Å². The molecule has 5 nitrogen and oxygen atoms in total. The number of nitrogens with zero attached hydrogens (tertiary/aromatic N) is 2. The van der Waals surface area contributed by atoms with Crippen LogP contribution in [0.15, 0.2) is 5.34 Å². The van der Waals surface area contributed by atoms with Crippen molar-refractivity contribution >= 4 is 0 Å². The zero-order valence-corrected chi connectivity index (χ0v) is 11.3. The molecule has 0 amide bonds. The van der Waals surface area contributed by atoms with Crippen molar-refractivity contribution in [2.75, 3.05) is 0 Å². The third-order valence-corrected chi connectivity index (χ3v) is 4.67. The molecule has 2 rings (SSSR count). The Bertz CT molecular complexity index is 313. The summed E-state index contributed by atoms with van der Waals surface area (Å²) in [5, 5.41) is 11.0. The second-order valence-corrected chi connectivity index (χ2v) is 5.91. The first-order valence-corrected chi connectivity index (χ1v) is 7.35. The molecule has 106 valence electrons. The fourth-order valence-corrected chi connectivity index (χ4v) is 3.57. The van der Waals surface area contributed by atoms with E-state index in [0.717, 1.165) is 50.4 Å². The van der Waals surface area contributed by atoms with Gasteiger partial charge in [0.05, 0.1) is 0 Å². The smallest absolute Gasteiger partial charge is 0.286 e. The van der Waals surface area contributed by atoms with Gasteiger partial charge in [-0.15, -0.1) is 4.91 Å². The molecule has 2 aliphatic rings. The average molecular weight is 266 g/mol. The summed E-state index contributed by atoms with van der Waals surface area (Å²) in [6.45, 7) is 0. The zero-order chi connectivity index (χ0) is 13.5. The second kappa shape index (κ2) is 7.32. The van der Waals surface area contributed by atoms with Gasteiger partial charge in [-0.1, -0.05) is 0 Å². The van der Waals surface area contributed by atoms with Crippen molar-refractivity contribution < 1.29 is 9.57 Å². The number of hydrogen-bond acceptors (Lipinski definition) is 5. The molecule has 2 fully saturated rings. The minimum atomic E-state index is 0.0496. The van der Waals surface area contributed by atoms with Gasteiger partial charge in [0.2, 0.25) is 0 Å². The van der Waals surface area contributed by atoms with E-state index in [1.165, 1.54) is 19.3 Å². The molecule has 0 spiro atoms. The van der Waals surface area contributed by atoms with Crippen molar-refractivity contribution in [3.8, 4) is 6.26 Å². The maximum atomic E-state index is 10.0. The summed E-state index contributed by atoms with van der Waals surface area (Å²) in [5.41, 5.74) is 0. The van der Waals surface area contributed by atoms with E-state index in [0.29, 0.717) is 0 Å². The topological polar surface area (TPSA) is 71.7 Å². The van der Waals surface area contributed by atoms with E-state index in [1.54, 1.807) is 6.26 Å². The Balaban J connectivity index is 1.64. The first-order chi connectivity index (χ1) is 9.31. The molecule has 2 saturated carbocycles. The first kappa shape index (κ1) is 14.1. The monoisotopic (exact) mass is 266 g/mol. The molecule has 19 heavy (non-hydrogen) atoms. The van der Waals surface area contributed by atoms with E-state index in [-0.39, 0.29) is 12.2 Å². The highest BCUT2D eigenvalue weighted by atomic mass is 16.7. The fourth-order valence-electron chi connectivity index (χ4n) is 3.57. The molecule has 0 N–H and O–H groups in total. The molecule has 0 heterocycles. The Morgan fingerprint density at radius 3 is 1.95 bits per heavy atom. The predicted octanol–water partition coefficient (Wildman–Crippen LogP) is 3.69. The summed E-state index contributed by atoms with van der Waals surface area (Å²) >= 11 is 0. The molecule has 0 aromatic heterocycles. The normalized spacial score (nSPS) is 35.1. The summed E-state index contributed by atoms with van der Waals surface area (Å²) in [4.78, 5) is 14.8. The van der Waals surface area contributed by atoms with Crippen LogP contribution in [0, 0.1) is 28.3 Å². The highest BCUT2D eigenvalue weighted by Crippen LogP contribution is 2.36. The highest BCUT2D eigenvalue weighted by Gasteiger charge is 2.28. The maximum absolute atomic E-state index is 10.0. The van der Waals surface area contributed by atoms with Gasteiger partial charge in [-0.2, -0.15) is 5.26 Å². The lowest BCUT2D eigenvalue weighted by molar-refractivity contribution is 0.0142. The van der Waals surface area contributed by atoms with Gasteiger partial charge in [-0.05, 0) is 69.6 Å². The molecule has 0 atom stereocenters. The summed E-state index contributed by atoms with van der Waals surface area (Å²) in [6, 6.07) is 0. The van der Waals surface area contributed by atoms with E-state index in [4.69, 9.17) is 14.8 Å². The van der Waals surface area contributed by atoms with Gasteiger partial charge in [0.15, 0.2) is 5.34 Å². The first-order valence-electron chi connectivity index (χ1n) is 7.35. The fraction of sp³-hybridized carbons (Fsp3) is 0.929. The molecular formula is C14H22N2O3. The lowest BCUT2D eigenvalue weighted by atomic mass is 9.76. The van der Waals surface area contributed by atoms with E-state index in [1.807, 2.05) is 0 Å². The molecule has 5 heteroatoms. The van der Waals surface area contributed by atoms with Gasteiger partial charge < -0.3 is 9.57 Å². The minimum absolute atomic E-state index is 0.0496. The third kappa shape index (κ3) is 4.38. The van der Waals surface area contributed by atoms with Crippen molar-refractivity contribution in [2.24, 2.45) is 17.2 Å².